The highest BCUT2D eigenvalue weighted by molar-refractivity contribution is 5.53. The van der Waals surface area contributed by atoms with Crippen LogP contribution in [0.5, 0.6) is 11.5 Å². The van der Waals surface area contributed by atoms with Crippen LogP contribution in [0.15, 0.2) is 6.07 Å². The Bertz CT molecular complexity index is 420. The lowest BCUT2D eigenvalue weighted by Crippen LogP contribution is -2.17. The molecule has 0 aliphatic rings. The number of unbranched alkanes of at least 4 members (excludes halogenated alkanes) is 2. The summed E-state index contributed by atoms with van der Waals surface area (Å²) in [4.78, 5) is 0. The highest BCUT2D eigenvalue weighted by Crippen LogP contribution is 2.41. The standard InChI is InChI=1S/C16H26O2/c1-6-7-8-9-16(4,5)13-10-14(17)11(2)12(3)15(13)18/h10,17-18H,6-9H2,1-5H3. The Morgan fingerprint density at radius 3 is 2.22 bits per heavy atom. The molecule has 1 aromatic rings. The molecule has 2 N–H and O–H groups in total. The number of aromatic hydroxyl groups is 2. The van der Waals surface area contributed by atoms with Crippen LogP contribution in [-0.2, 0) is 5.41 Å². The topological polar surface area (TPSA) is 40.5 Å². The third-order valence-corrected chi connectivity index (χ3v) is 3.97. The minimum atomic E-state index is -0.102. The fourth-order valence-corrected chi connectivity index (χ4v) is 2.35. The molecule has 1 rings (SSSR count). The SMILES string of the molecule is CCCCCC(C)(C)c1cc(O)c(C)c(C)c1O. The lowest BCUT2D eigenvalue weighted by atomic mass is 9.78. The smallest absolute Gasteiger partial charge is 0.122 e. The summed E-state index contributed by atoms with van der Waals surface area (Å²) in [7, 11) is 0. The second-order valence-electron chi connectivity index (χ2n) is 5.88. The molecule has 18 heavy (non-hydrogen) atoms. The van der Waals surface area contributed by atoms with E-state index in [0.29, 0.717) is 5.75 Å². The molecule has 0 aromatic heterocycles. The average Bonchev–Trinajstić information content (AvgIpc) is 2.31. The van der Waals surface area contributed by atoms with E-state index in [0.717, 1.165) is 29.5 Å². The maximum atomic E-state index is 10.3. The van der Waals surface area contributed by atoms with Gasteiger partial charge in [-0.05, 0) is 42.9 Å². The highest BCUT2D eigenvalue weighted by atomic mass is 16.3. The summed E-state index contributed by atoms with van der Waals surface area (Å²) < 4.78 is 0. The van der Waals surface area contributed by atoms with Crippen molar-refractivity contribution in [2.24, 2.45) is 0 Å². The summed E-state index contributed by atoms with van der Waals surface area (Å²) in [6, 6.07) is 1.73. The maximum absolute atomic E-state index is 10.3. The van der Waals surface area contributed by atoms with Crippen molar-refractivity contribution in [1.29, 1.82) is 0 Å². The predicted octanol–water partition coefficient (Wildman–Crippen LogP) is 4.57. The van der Waals surface area contributed by atoms with Crippen molar-refractivity contribution in [3.63, 3.8) is 0 Å². The molecule has 0 fully saturated rings. The first kappa shape index (κ1) is 14.9. The Morgan fingerprint density at radius 1 is 1.06 bits per heavy atom. The van der Waals surface area contributed by atoms with E-state index in [-0.39, 0.29) is 11.2 Å². The van der Waals surface area contributed by atoms with Crippen LogP contribution in [0.4, 0.5) is 0 Å². The van der Waals surface area contributed by atoms with E-state index in [4.69, 9.17) is 0 Å². The minimum Gasteiger partial charge on any atom is -0.508 e. The first-order valence-electron chi connectivity index (χ1n) is 6.84. The molecule has 0 aliphatic carbocycles. The summed E-state index contributed by atoms with van der Waals surface area (Å²) in [6.45, 7) is 10.1. The van der Waals surface area contributed by atoms with E-state index in [2.05, 4.69) is 20.8 Å². The van der Waals surface area contributed by atoms with Crippen LogP contribution >= 0.6 is 0 Å². The van der Waals surface area contributed by atoms with Gasteiger partial charge in [0.1, 0.15) is 11.5 Å². The normalized spacial score (nSPS) is 11.8. The van der Waals surface area contributed by atoms with E-state index in [1.54, 1.807) is 6.07 Å². The number of phenolic OH excluding ortho intramolecular Hbond substituents is 2. The Balaban J connectivity index is 3.08. The number of benzene rings is 1. The van der Waals surface area contributed by atoms with E-state index in [9.17, 15) is 10.2 Å². The molecule has 2 heteroatoms. The molecule has 0 radical (unpaired) electrons. The summed E-state index contributed by atoms with van der Waals surface area (Å²) in [5.74, 6) is 0.621. The second-order valence-corrected chi connectivity index (χ2v) is 5.88. The van der Waals surface area contributed by atoms with Gasteiger partial charge in [0.05, 0.1) is 0 Å². The van der Waals surface area contributed by atoms with Crippen molar-refractivity contribution in [1.82, 2.24) is 0 Å². The van der Waals surface area contributed by atoms with Gasteiger partial charge in [-0.1, -0.05) is 40.0 Å². The number of phenols is 2. The maximum Gasteiger partial charge on any atom is 0.122 e. The number of hydrogen-bond acceptors (Lipinski definition) is 2. The molecule has 0 saturated heterocycles. The third-order valence-electron chi connectivity index (χ3n) is 3.97. The van der Waals surface area contributed by atoms with Gasteiger partial charge in [0, 0.05) is 5.56 Å². The van der Waals surface area contributed by atoms with Gasteiger partial charge in [-0.25, -0.2) is 0 Å². The molecule has 0 unspecified atom stereocenters. The molecule has 0 bridgehead atoms. The van der Waals surface area contributed by atoms with Crippen LogP contribution in [-0.4, -0.2) is 10.2 Å². The van der Waals surface area contributed by atoms with Crippen LogP contribution in [0.25, 0.3) is 0 Å². The zero-order valence-electron chi connectivity index (χ0n) is 12.3. The molecule has 0 aliphatic heterocycles. The monoisotopic (exact) mass is 250 g/mol. The van der Waals surface area contributed by atoms with Gasteiger partial charge in [-0.3, -0.25) is 0 Å². The number of rotatable bonds is 5. The molecule has 102 valence electrons. The molecular weight excluding hydrogens is 224 g/mol. The van der Waals surface area contributed by atoms with Crippen molar-refractivity contribution in [3.8, 4) is 11.5 Å². The summed E-state index contributed by atoms with van der Waals surface area (Å²) in [6.07, 6.45) is 4.58. The predicted molar refractivity (Wildman–Crippen MR) is 76.4 cm³/mol. The summed E-state index contributed by atoms with van der Waals surface area (Å²) in [5, 5.41) is 20.2. The lowest BCUT2D eigenvalue weighted by molar-refractivity contribution is 0.398. The molecule has 2 nitrogen and oxygen atoms in total. The zero-order valence-corrected chi connectivity index (χ0v) is 12.3. The fourth-order valence-electron chi connectivity index (χ4n) is 2.35. The van der Waals surface area contributed by atoms with Crippen molar-refractivity contribution < 1.29 is 10.2 Å². The fraction of sp³-hybridized carbons (Fsp3) is 0.625. The van der Waals surface area contributed by atoms with Crippen molar-refractivity contribution in [2.75, 3.05) is 0 Å². The third kappa shape index (κ3) is 2.98. The Labute approximate surface area is 111 Å². The lowest BCUT2D eigenvalue weighted by Gasteiger charge is -2.27. The van der Waals surface area contributed by atoms with Crippen molar-refractivity contribution >= 4 is 0 Å². The molecule has 0 heterocycles. The van der Waals surface area contributed by atoms with Crippen LogP contribution in [0.2, 0.25) is 0 Å². The molecule has 0 amide bonds. The minimum absolute atomic E-state index is 0.102. The van der Waals surface area contributed by atoms with Gasteiger partial charge < -0.3 is 10.2 Å². The van der Waals surface area contributed by atoms with E-state index in [1.807, 2.05) is 13.8 Å². The van der Waals surface area contributed by atoms with Crippen LogP contribution in [0.1, 0.15) is 63.1 Å². The molecular formula is C16H26O2. The Morgan fingerprint density at radius 2 is 1.67 bits per heavy atom. The van der Waals surface area contributed by atoms with Gasteiger partial charge in [0.15, 0.2) is 0 Å². The van der Waals surface area contributed by atoms with Gasteiger partial charge in [0.2, 0.25) is 0 Å². The first-order valence-corrected chi connectivity index (χ1v) is 6.84. The van der Waals surface area contributed by atoms with Crippen LogP contribution < -0.4 is 0 Å². The van der Waals surface area contributed by atoms with Gasteiger partial charge in [-0.15, -0.1) is 0 Å². The molecule has 1 aromatic carbocycles. The Kier molecular flexibility index (Phi) is 4.66. The highest BCUT2D eigenvalue weighted by Gasteiger charge is 2.26. The second kappa shape index (κ2) is 5.64. The Hall–Kier alpha value is -1.18. The first-order chi connectivity index (χ1) is 8.31. The van der Waals surface area contributed by atoms with Crippen LogP contribution in [0, 0.1) is 13.8 Å². The number of hydrogen-bond donors (Lipinski definition) is 2. The summed E-state index contributed by atoms with van der Waals surface area (Å²) in [5.41, 5.74) is 2.31. The van der Waals surface area contributed by atoms with Crippen molar-refractivity contribution in [3.05, 3.63) is 22.8 Å². The van der Waals surface area contributed by atoms with E-state index >= 15 is 0 Å². The van der Waals surface area contributed by atoms with Crippen molar-refractivity contribution in [2.45, 2.75) is 65.7 Å². The molecule has 0 saturated carbocycles. The summed E-state index contributed by atoms with van der Waals surface area (Å²) >= 11 is 0. The van der Waals surface area contributed by atoms with Crippen LogP contribution in [0.3, 0.4) is 0 Å². The van der Waals surface area contributed by atoms with Gasteiger partial charge >= 0.3 is 0 Å². The largest absolute Gasteiger partial charge is 0.508 e. The zero-order chi connectivity index (χ0) is 13.9. The van der Waals surface area contributed by atoms with Gasteiger partial charge in [0.25, 0.3) is 0 Å². The average molecular weight is 250 g/mol. The molecule has 0 atom stereocenters. The quantitative estimate of drug-likeness (QED) is 0.593. The van der Waals surface area contributed by atoms with Gasteiger partial charge in [-0.2, -0.15) is 0 Å². The van der Waals surface area contributed by atoms with E-state index < -0.39 is 0 Å². The van der Waals surface area contributed by atoms with E-state index in [1.165, 1.54) is 12.8 Å². The molecule has 0 spiro atoms.